The summed E-state index contributed by atoms with van der Waals surface area (Å²) < 4.78 is 17.0. The van der Waals surface area contributed by atoms with Crippen LogP contribution in [0.5, 0.6) is 0 Å². The van der Waals surface area contributed by atoms with Crippen LogP contribution in [-0.2, 0) is 0 Å². The summed E-state index contributed by atoms with van der Waals surface area (Å²) in [7, 11) is 0. The molecule has 2 nitrogen and oxygen atoms in total. The molecule has 1 heterocycles. The van der Waals surface area contributed by atoms with Crippen LogP contribution in [0.3, 0.4) is 0 Å². The van der Waals surface area contributed by atoms with Gasteiger partial charge in [0, 0.05) is 0 Å². The first-order valence-corrected chi connectivity index (χ1v) is 5.42. The molecule has 0 saturated carbocycles. The second-order valence-corrected chi connectivity index (χ2v) is 4.33. The number of halogens is 2. The molecule has 15 heavy (non-hydrogen) atoms. The van der Waals surface area contributed by atoms with Crippen molar-refractivity contribution in [1.29, 1.82) is 0 Å². The number of hydrogen-bond donors (Lipinski definition) is 1. The van der Waals surface area contributed by atoms with Gasteiger partial charge in [-0.2, -0.15) is 4.37 Å². The van der Waals surface area contributed by atoms with E-state index in [0.717, 1.165) is 10.4 Å². The van der Waals surface area contributed by atoms with Crippen molar-refractivity contribution in [2.24, 2.45) is 0 Å². The topological polar surface area (TPSA) is 38.9 Å². The highest BCUT2D eigenvalue weighted by Gasteiger charge is 2.11. The number of nitrogen functional groups attached to an aromatic ring is 1. The Balaban J connectivity index is 2.55. The number of hydrogen-bond acceptors (Lipinski definition) is 3. The predicted molar refractivity (Wildman–Crippen MR) is 61.7 cm³/mol. The van der Waals surface area contributed by atoms with E-state index in [1.165, 1.54) is 17.6 Å². The molecule has 0 radical (unpaired) electrons. The summed E-state index contributed by atoms with van der Waals surface area (Å²) in [5, 5.41) is 0.436. The molecule has 1 aromatic carbocycles. The molecule has 78 valence electrons. The first-order chi connectivity index (χ1) is 7.09. The molecule has 0 saturated heterocycles. The zero-order chi connectivity index (χ0) is 11.0. The van der Waals surface area contributed by atoms with E-state index in [0.29, 0.717) is 16.4 Å². The molecule has 0 bridgehead atoms. The van der Waals surface area contributed by atoms with Crippen molar-refractivity contribution in [3.05, 3.63) is 34.6 Å². The summed E-state index contributed by atoms with van der Waals surface area (Å²) in [6.07, 6.45) is 0. The van der Waals surface area contributed by atoms with Crippen LogP contribution in [0.4, 0.5) is 10.2 Å². The SMILES string of the molecule is Cc1cc(-c2snc(N)c2Cl)ccc1F. The molecular formula is C10H8ClFN2S. The molecule has 0 amide bonds. The van der Waals surface area contributed by atoms with E-state index in [1.54, 1.807) is 19.1 Å². The Bertz CT molecular complexity index is 510. The fourth-order valence-electron chi connectivity index (χ4n) is 1.26. The van der Waals surface area contributed by atoms with E-state index in [2.05, 4.69) is 4.37 Å². The smallest absolute Gasteiger partial charge is 0.156 e. The monoisotopic (exact) mass is 242 g/mol. The summed E-state index contributed by atoms with van der Waals surface area (Å²) in [6, 6.07) is 4.81. The maximum absolute atomic E-state index is 13.1. The van der Waals surface area contributed by atoms with Crippen LogP contribution in [0.1, 0.15) is 5.56 Å². The highest BCUT2D eigenvalue weighted by Crippen LogP contribution is 2.36. The van der Waals surface area contributed by atoms with Gasteiger partial charge in [0.15, 0.2) is 5.82 Å². The van der Waals surface area contributed by atoms with Crippen molar-refractivity contribution in [1.82, 2.24) is 4.37 Å². The third-order valence-corrected chi connectivity index (χ3v) is 3.48. The first-order valence-electron chi connectivity index (χ1n) is 4.26. The van der Waals surface area contributed by atoms with Crippen molar-refractivity contribution in [3.8, 4) is 10.4 Å². The lowest BCUT2D eigenvalue weighted by molar-refractivity contribution is 0.619. The largest absolute Gasteiger partial charge is 0.382 e. The molecule has 2 aromatic rings. The van der Waals surface area contributed by atoms with Gasteiger partial charge in [0.25, 0.3) is 0 Å². The van der Waals surface area contributed by atoms with Crippen LogP contribution in [0.2, 0.25) is 5.02 Å². The van der Waals surface area contributed by atoms with E-state index < -0.39 is 0 Å². The lowest BCUT2D eigenvalue weighted by Gasteiger charge is -2.00. The van der Waals surface area contributed by atoms with E-state index >= 15 is 0 Å². The summed E-state index contributed by atoms with van der Waals surface area (Å²) in [5.74, 6) is 0.0889. The van der Waals surface area contributed by atoms with Gasteiger partial charge >= 0.3 is 0 Å². The number of aromatic nitrogens is 1. The number of nitrogens with two attached hydrogens (primary N) is 1. The van der Waals surface area contributed by atoms with Crippen molar-refractivity contribution >= 4 is 29.0 Å². The summed E-state index contributed by atoms with van der Waals surface area (Å²) >= 11 is 7.18. The lowest BCUT2D eigenvalue weighted by Crippen LogP contribution is -1.85. The second-order valence-electron chi connectivity index (χ2n) is 3.17. The van der Waals surface area contributed by atoms with Gasteiger partial charge < -0.3 is 5.73 Å². The highest BCUT2D eigenvalue weighted by molar-refractivity contribution is 7.10. The summed E-state index contributed by atoms with van der Waals surface area (Å²) in [4.78, 5) is 0.775. The van der Waals surface area contributed by atoms with Crippen LogP contribution >= 0.6 is 23.1 Å². The molecule has 2 N–H and O–H groups in total. The minimum atomic E-state index is -0.229. The van der Waals surface area contributed by atoms with Gasteiger partial charge in [0.05, 0.1) is 4.88 Å². The average molecular weight is 243 g/mol. The second kappa shape index (κ2) is 3.79. The molecule has 1 aromatic heterocycles. The quantitative estimate of drug-likeness (QED) is 0.831. The number of benzene rings is 1. The van der Waals surface area contributed by atoms with E-state index in [4.69, 9.17) is 17.3 Å². The Labute approximate surface area is 95.7 Å². The highest BCUT2D eigenvalue weighted by atomic mass is 35.5. The lowest BCUT2D eigenvalue weighted by atomic mass is 10.1. The first kappa shape index (κ1) is 10.4. The van der Waals surface area contributed by atoms with Crippen LogP contribution in [0.25, 0.3) is 10.4 Å². The van der Waals surface area contributed by atoms with Crippen LogP contribution in [0, 0.1) is 12.7 Å². The number of nitrogens with zero attached hydrogens (tertiary/aromatic N) is 1. The van der Waals surface area contributed by atoms with E-state index in [-0.39, 0.29) is 5.82 Å². The normalized spacial score (nSPS) is 10.6. The fourth-order valence-corrected chi connectivity index (χ4v) is 2.26. The van der Waals surface area contributed by atoms with Crippen molar-refractivity contribution in [2.45, 2.75) is 6.92 Å². The zero-order valence-electron chi connectivity index (χ0n) is 7.92. The van der Waals surface area contributed by atoms with Crippen LogP contribution in [-0.4, -0.2) is 4.37 Å². The molecule has 0 aliphatic carbocycles. The molecule has 2 rings (SSSR count). The van der Waals surface area contributed by atoms with Crippen LogP contribution in [0.15, 0.2) is 18.2 Å². The molecule has 0 spiro atoms. The van der Waals surface area contributed by atoms with E-state index in [9.17, 15) is 4.39 Å². The van der Waals surface area contributed by atoms with Gasteiger partial charge in [-0.3, -0.25) is 0 Å². The maximum atomic E-state index is 13.1. The van der Waals surface area contributed by atoms with Crippen molar-refractivity contribution < 1.29 is 4.39 Å². The molecule has 5 heteroatoms. The Morgan fingerprint density at radius 1 is 1.47 bits per heavy atom. The molecule has 0 unspecified atom stereocenters. The maximum Gasteiger partial charge on any atom is 0.156 e. The zero-order valence-corrected chi connectivity index (χ0v) is 9.49. The Morgan fingerprint density at radius 3 is 2.73 bits per heavy atom. The van der Waals surface area contributed by atoms with Gasteiger partial charge in [-0.05, 0) is 41.7 Å². The standard InChI is InChI=1S/C10H8ClFN2S/c1-5-4-6(2-3-7(5)12)9-8(11)10(13)14-15-9/h2-4H,1H3,(H2,13,14). The van der Waals surface area contributed by atoms with Gasteiger partial charge in [0.1, 0.15) is 10.8 Å². The average Bonchev–Trinajstić information content (AvgIpc) is 2.53. The summed E-state index contributed by atoms with van der Waals surface area (Å²) in [6.45, 7) is 1.71. The Kier molecular flexibility index (Phi) is 2.63. The minimum Gasteiger partial charge on any atom is -0.382 e. The molecular weight excluding hydrogens is 235 g/mol. The molecule has 0 aliphatic heterocycles. The fraction of sp³-hybridized carbons (Fsp3) is 0.100. The van der Waals surface area contributed by atoms with Gasteiger partial charge in [-0.1, -0.05) is 17.7 Å². The van der Waals surface area contributed by atoms with E-state index in [1.807, 2.05) is 0 Å². The predicted octanol–water partition coefficient (Wildman–Crippen LogP) is 3.49. The molecule has 0 atom stereocenters. The van der Waals surface area contributed by atoms with Crippen LogP contribution < -0.4 is 5.73 Å². The van der Waals surface area contributed by atoms with Crippen molar-refractivity contribution in [2.75, 3.05) is 5.73 Å². The third kappa shape index (κ3) is 1.82. The number of anilines is 1. The molecule has 0 fully saturated rings. The Morgan fingerprint density at radius 2 is 2.20 bits per heavy atom. The Hall–Kier alpha value is -1.13. The van der Waals surface area contributed by atoms with Gasteiger partial charge in [-0.25, -0.2) is 4.39 Å². The summed E-state index contributed by atoms with van der Waals surface area (Å²) in [5.41, 5.74) is 6.96. The minimum absolute atomic E-state index is 0.229. The third-order valence-electron chi connectivity index (χ3n) is 2.08. The van der Waals surface area contributed by atoms with Crippen molar-refractivity contribution in [3.63, 3.8) is 0 Å². The molecule has 0 aliphatic rings. The number of rotatable bonds is 1. The van der Waals surface area contributed by atoms with Gasteiger partial charge in [0.2, 0.25) is 0 Å². The van der Waals surface area contributed by atoms with Gasteiger partial charge in [-0.15, -0.1) is 0 Å². The number of aryl methyl sites for hydroxylation is 1.